The lowest BCUT2D eigenvalue weighted by atomic mass is 10.3. The van der Waals surface area contributed by atoms with Gasteiger partial charge in [0.1, 0.15) is 5.69 Å². The molecule has 0 aliphatic heterocycles. The van der Waals surface area contributed by atoms with Crippen LogP contribution in [0.3, 0.4) is 0 Å². The lowest BCUT2D eigenvalue weighted by molar-refractivity contribution is 0.111. The van der Waals surface area contributed by atoms with Crippen molar-refractivity contribution in [3.05, 3.63) is 34.8 Å². The van der Waals surface area contributed by atoms with E-state index in [-0.39, 0.29) is 6.04 Å². The highest BCUT2D eigenvalue weighted by Gasteiger charge is 2.09. The zero-order valence-corrected chi connectivity index (χ0v) is 8.44. The highest BCUT2D eigenvalue weighted by atomic mass is 32.1. The molecule has 0 amide bonds. The van der Waals surface area contributed by atoms with Crippen LogP contribution in [0.2, 0.25) is 0 Å². The Morgan fingerprint density at radius 2 is 2.50 bits per heavy atom. The summed E-state index contributed by atoms with van der Waals surface area (Å²) in [7, 11) is 0. The molecule has 1 atom stereocenters. The number of rotatable bonds is 3. The van der Waals surface area contributed by atoms with E-state index in [0.717, 1.165) is 11.2 Å². The van der Waals surface area contributed by atoms with Gasteiger partial charge in [-0.3, -0.25) is 9.78 Å². The Labute approximate surface area is 85.2 Å². The van der Waals surface area contributed by atoms with Gasteiger partial charge in [-0.15, -0.1) is 11.3 Å². The van der Waals surface area contributed by atoms with Crippen molar-refractivity contribution in [2.24, 2.45) is 0 Å². The molecule has 0 spiro atoms. The van der Waals surface area contributed by atoms with Crippen LogP contribution < -0.4 is 0 Å². The van der Waals surface area contributed by atoms with E-state index in [1.54, 1.807) is 29.4 Å². The molecule has 0 aliphatic rings. The highest BCUT2D eigenvalue weighted by Crippen LogP contribution is 2.20. The van der Waals surface area contributed by atoms with Crippen molar-refractivity contribution >= 4 is 17.6 Å². The second-order valence-corrected chi connectivity index (χ2v) is 3.86. The third kappa shape index (κ3) is 1.58. The van der Waals surface area contributed by atoms with E-state index < -0.39 is 0 Å². The van der Waals surface area contributed by atoms with Gasteiger partial charge in [0.05, 0.1) is 17.9 Å². The summed E-state index contributed by atoms with van der Waals surface area (Å²) in [5, 5.41) is 0. The van der Waals surface area contributed by atoms with E-state index in [2.05, 4.69) is 9.97 Å². The molecule has 0 bridgehead atoms. The molecule has 2 aromatic heterocycles. The maximum atomic E-state index is 10.4. The molecule has 0 aliphatic carbocycles. The molecule has 0 saturated heterocycles. The fourth-order valence-corrected chi connectivity index (χ4v) is 1.89. The van der Waals surface area contributed by atoms with Crippen LogP contribution in [-0.4, -0.2) is 20.8 Å². The monoisotopic (exact) mass is 207 g/mol. The summed E-state index contributed by atoms with van der Waals surface area (Å²) in [5.41, 5.74) is 2.25. The third-order valence-corrected chi connectivity index (χ3v) is 3.00. The number of aromatic nitrogens is 3. The van der Waals surface area contributed by atoms with Crippen LogP contribution >= 0.6 is 11.3 Å². The normalized spacial score (nSPS) is 12.6. The molecule has 0 saturated carbocycles. The molecule has 0 fully saturated rings. The maximum absolute atomic E-state index is 10.4. The predicted molar refractivity (Wildman–Crippen MR) is 53.5 cm³/mol. The molecule has 2 heterocycles. The minimum Gasteiger partial charge on any atom is -0.329 e. The lowest BCUT2D eigenvalue weighted by Gasteiger charge is -2.09. The van der Waals surface area contributed by atoms with E-state index >= 15 is 0 Å². The van der Waals surface area contributed by atoms with Gasteiger partial charge < -0.3 is 4.57 Å². The van der Waals surface area contributed by atoms with Gasteiger partial charge in [-0.2, -0.15) is 0 Å². The largest absolute Gasteiger partial charge is 0.329 e. The first kappa shape index (κ1) is 9.08. The van der Waals surface area contributed by atoms with Crippen LogP contribution in [0, 0.1) is 0 Å². The van der Waals surface area contributed by atoms with Crippen LogP contribution in [0.5, 0.6) is 0 Å². The van der Waals surface area contributed by atoms with Crippen LogP contribution in [0.15, 0.2) is 24.2 Å². The Hall–Kier alpha value is -1.49. The van der Waals surface area contributed by atoms with Crippen molar-refractivity contribution in [1.82, 2.24) is 14.5 Å². The molecule has 14 heavy (non-hydrogen) atoms. The Kier molecular flexibility index (Phi) is 2.41. The summed E-state index contributed by atoms with van der Waals surface area (Å²) in [4.78, 5) is 19.6. The van der Waals surface area contributed by atoms with Gasteiger partial charge in [0.15, 0.2) is 6.29 Å². The number of carbonyl (C=O) groups excluding carboxylic acids is 1. The molecular formula is C9H9N3OS. The summed E-state index contributed by atoms with van der Waals surface area (Å²) in [5.74, 6) is 0. The molecule has 2 rings (SSSR count). The number of hydrogen-bond donors (Lipinski definition) is 0. The summed E-state index contributed by atoms with van der Waals surface area (Å²) in [6.07, 6.45) is 5.97. The van der Waals surface area contributed by atoms with Crippen molar-refractivity contribution in [3.63, 3.8) is 0 Å². The summed E-state index contributed by atoms with van der Waals surface area (Å²) < 4.78 is 1.90. The number of carbonyl (C=O) groups is 1. The Bertz CT molecular complexity index is 421. The summed E-state index contributed by atoms with van der Waals surface area (Å²) >= 11 is 1.59. The minimum atomic E-state index is 0.184. The number of imidazole rings is 1. The lowest BCUT2D eigenvalue weighted by Crippen LogP contribution is -2.01. The molecular weight excluding hydrogens is 198 g/mol. The van der Waals surface area contributed by atoms with Gasteiger partial charge >= 0.3 is 0 Å². The smallest absolute Gasteiger partial charge is 0.169 e. The van der Waals surface area contributed by atoms with Crippen LogP contribution in [-0.2, 0) is 0 Å². The third-order valence-electron chi connectivity index (χ3n) is 2.05. The van der Waals surface area contributed by atoms with E-state index in [9.17, 15) is 4.79 Å². The Morgan fingerprint density at radius 1 is 1.64 bits per heavy atom. The number of hydrogen-bond acceptors (Lipinski definition) is 4. The van der Waals surface area contributed by atoms with Crippen molar-refractivity contribution in [2.45, 2.75) is 13.0 Å². The Morgan fingerprint density at radius 3 is 3.07 bits per heavy atom. The highest BCUT2D eigenvalue weighted by molar-refractivity contribution is 7.09. The molecule has 5 heteroatoms. The van der Waals surface area contributed by atoms with Crippen LogP contribution in [0.1, 0.15) is 28.3 Å². The first-order valence-electron chi connectivity index (χ1n) is 4.18. The second kappa shape index (κ2) is 3.71. The summed E-state index contributed by atoms with van der Waals surface area (Å²) in [6, 6.07) is 0.184. The number of thiazole rings is 1. The van der Waals surface area contributed by atoms with Crippen LogP contribution in [0.4, 0.5) is 0 Å². The van der Waals surface area contributed by atoms with Gasteiger partial charge in [0, 0.05) is 17.3 Å². The minimum absolute atomic E-state index is 0.184. The van der Waals surface area contributed by atoms with Crippen LogP contribution in [0.25, 0.3) is 0 Å². The first-order valence-corrected chi connectivity index (χ1v) is 5.06. The molecule has 4 nitrogen and oxygen atoms in total. The quantitative estimate of drug-likeness (QED) is 0.720. The number of aldehydes is 1. The average Bonchev–Trinajstić information content (AvgIpc) is 2.88. The zero-order valence-electron chi connectivity index (χ0n) is 7.62. The summed E-state index contributed by atoms with van der Waals surface area (Å²) in [6.45, 7) is 2.05. The fraction of sp³-hybridized carbons (Fsp3) is 0.222. The Balaban J connectivity index is 2.27. The fourth-order valence-electron chi connectivity index (χ4n) is 1.20. The van der Waals surface area contributed by atoms with Gasteiger partial charge in [-0.1, -0.05) is 0 Å². The molecule has 72 valence electrons. The predicted octanol–water partition coefficient (Wildman–Crippen LogP) is 1.76. The van der Waals surface area contributed by atoms with Crippen molar-refractivity contribution < 1.29 is 4.79 Å². The van der Waals surface area contributed by atoms with Gasteiger partial charge in [-0.05, 0) is 6.92 Å². The molecule has 0 radical (unpaired) electrons. The van der Waals surface area contributed by atoms with Crippen molar-refractivity contribution in [3.8, 4) is 0 Å². The SMILES string of the molecule is C[C@@H](c1cncs1)n1cnc(C=O)c1. The molecule has 0 N–H and O–H groups in total. The van der Waals surface area contributed by atoms with E-state index in [4.69, 9.17) is 0 Å². The maximum Gasteiger partial charge on any atom is 0.169 e. The standard InChI is InChI=1S/C9H9N3OS/c1-7(9-2-10-6-14-9)12-3-8(4-13)11-5-12/h2-7H,1H3/t7-/m0/s1. The zero-order chi connectivity index (χ0) is 9.97. The van der Waals surface area contributed by atoms with Gasteiger partial charge in [-0.25, -0.2) is 4.98 Å². The van der Waals surface area contributed by atoms with Gasteiger partial charge in [0.25, 0.3) is 0 Å². The van der Waals surface area contributed by atoms with Crippen molar-refractivity contribution in [2.75, 3.05) is 0 Å². The van der Waals surface area contributed by atoms with E-state index in [1.807, 2.05) is 17.7 Å². The molecule has 0 unspecified atom stereocenters. The topological polar surface area (TPSA) is 47.8 Å². The van der Waals surface area contributed by atoms with E-state index in [0.29, 0.717) is 5.69 Å². The molecule has 0 aromatic carbocycles. The number of nitrogens with zero attached hydrogens (tertiary/aromatic N) is 3. The van der Waals surface area contributed by atoms with Gasteiger partial charge in [0.2, 0.25) is 0 Å². The molecule has 2 aromatic rings. The second-order valence-electron chi connectivity index (χ2n) is 2.94. The first-order chi connectivity index (χ1) is 6.81. The van der Waals surface area contributed by atoms with E-state index in [1.165, 1.54) is 0 Å². The van der Waals surface area contributed by atoms with Crippen molar-refractivity contribution in [1.29, 1.82) is 0 Å². The average molecular weight is 207 g/mol.